The lowest BCUT2D eigenvalue weighted by Gasteiger charge is -2.23. The van der Waals surface area contributed by atoms with Crippen LogP contribution in [0.3, 0.4) is 0 Å². The molecule has 2 aromatic rings. The second-order valence-corrected chi connectivity index (χ2v) is 6.68. The van der Waals surface area contributed by atoms with Crippen molar-refractivity contribution in [2.24, 2.45) is 4.99 Å². The van der Waals surface area contributed by atoms with Gasteiger partial charge in [-0.3, -0.25) is 0 Å². The van der Waals surface area contributed by atoms with Crippen LogP contribution in [0.1, 0.15) is 12.5 Å². The minimum absolute atomic E-state index is 0.644. The Bertz CT molecular complexity index is 715. The molecule has 0 aliphatic carbocycles. The van der Waals surface area contributed by atoms with Gasteiger partial charge in [0.15, 0.2) is 0 Å². The fraction of sp³-hybridized carbons (Fsp3) is 0.278. The quantitative estimate of drug-likeness (QED) is 0.472. The van der Waals surface area contributed by atoms with E-state index in [4.69, 9.17) is 11.6 Å². The van der Waals surface area contributed by atoms with Gasteiger partial charge in [0.05, 0.1) is 22.7 Å². The number of hydrogen-bond donors (Lipinski definition) is 0. The Morgan fingerprint density at radius 1 is 1.17 bits per heavy atom. The van der Waals surface area contributed by atoms with Crippen LogP contribution < -0.4 is 4.90 Å². The molecular weight excluding hydrogens is 374 g/mol. The third-order valence-corrected chi connectivity index (χ3v) is 4.71. The normalized spacial score (nSPS) is 11.0. The number of nitrogens with zero attached hydrogens (tertiary/aromatic N) is 3. The van der Waals surface area contributed by atoms with E-state index in [0.29, 0.717) is 5.02 Å². The van der Waals surface area contributed by atoms with E-state index >= 15 is 0 Å². The zero-order chi connectivity index (χ0) is 17.0. The van der Waals surface area contributed by atoms with Crippen LogP contribution in [0.2, 0.25) is 5.02 Å². The van der Waals surface area contributed by atoms with Crippen LogP contribution in [0, 0.1) is 6.92 Å². The molecule has 0 saturated heterocycles. The minimum Gasteiger partial charge on any atom is -0.366 e. The van der Waals surface area contributed by atoms with Gasteiger partial charge in [0.25, 0.3) is 0 Å². The lowest BCUT2D eigenvalue weighted by molar-refractivity contribution is 0.552. The zero-order valence-corrected chi connectivity index (χ0v) is 16.2. The predicted octanol–water partition coefficient (Wildman–Crippen LogP) is 5.79. The summed E-state index contributed by atoms with van der Waals surface area (Å²) >= 11 is 10.0. The van der Waals surface area contributed by atoms with Crippen molar-refractivity contribution in [1.29, 1.82) is 0 Å². The maximum atomic E-state index is 6.43. The third-order valence-electron chi connectivity index (χ3n) is 3.73. The Labute approximate surface area is 151 Å². The molecule has 0 fully saturated rings. The van der Waals surface area contributed by atoms with E-state index in [0.717, 1.165) is 33.6 Å². The summed E-state index contributed by atoms with van der Waals surface area (Å²) in [6.45, 7) is 5.05. The summed E-state index contributed by atoms with van der Waals surface area (Å²) in [6, 6.07) is 12.1. The van der Waals surface area contributed by atoms with Gasteiger partial charge >= 0.3 is 0 Å². The molecule has 0 unspecified atom stereocenters. The van der Waals surface area contributed by atoms with Crippen LogP contribution in [0.15, 0.2) is 45.9 Å². The van der Waals surface area contributed by atoms with E-state index in [1.165, 1.54) is 0 Å². The maximum Gasteiger partial charge on any atom is 0.0910 e. The van der Waals surface area contributed by atoms with Gasteiger partial charge in [0, 0.05) is 30.8 Å². The lowest BCUT2D eigenvalue weighted by atomic mass is 10.1. The van der Waals surface area contributed by atoms with Crippen molar-refractivity contribution >= 4 is 50.9 Å². The first kappa shape index (κ1) is 17.8. The van der Waals surface area contributed by atoms with Gasteiger partial charge < -0.3 is 9.80 Å². The molecule has 0 spiro atoms. The molecule has 122 valence electrons. The van der Waals surface area contributed by atoms with Crippen LogP contribution in [-0.4, -0.2) is 31.9 Å². The first-order chi connectivity index (χ1) is 10.9. The summed E-state index contributed by atoms with van der Waals surface area (Å²) in [5, 5.41) is 0.644. The Kier molecular flexibility index (Phi) is 6.08. The molecule has 0 heterocycles. The van der Waals surface area contributed by atoms with Crippen LogP contribution >= 0.6 is 27.5 Å². The first-order valence-electron chi connectivity index (χ1n) is 7.46. The fourth-order valence-corrected chi connectivity index (χ4v) is 2.97. The second kappa shape index (κ2) is 7.84. The Morgan fingerprint density at radius 3 is 2.52 bits per heavy atom. The highest BCUT2D eigenvalue weighted by molar-refractivity contribution is 9.10. The topological polar surface area (TPSA) is 18.8 Å². The molecule has 0 bridgehead atoms. The van der Waals surface area contributed by atoms with Crippen molar-refractivity contribution in [1.82, 2.24) is 4.90 Å². The van der Waals surface area contributed by atoms with Crippen molar-refractivity contribution in [3.63, 3.8) is 0 Å². The fourth-order valence-electron chi connectivity index (χ4n) is 2.21. The third kappa shape index (κ3) is 4.27. The van der Waals surface area contributed by atoms with Gasteiger partial charge in [-0.05, 0) is 59.6 Å². The molecule has 0 atom stereocenters. The molecular formula is C18H21BrClN3. The van der Waals surface area contributed by atoms with Gasteiger partial charge in [-0.25, -0.2) is 4.99 Å². The number of para-hydroxylation sites is 1. The average Bonchev–Trinajstić information content (AvgIpc) is 2.54. The molecule has 0 amide bonds. The summed E-state index contributed by atoms with van der Waals surface area (Å²) in [5.74, 6) is 0. The van der Waals surface area contributed by atoms with Crippen LogP contribution in [0.4, 0.5) is 17.1 Å². The lowest BCUT2D eigenvalue weighted by Crippen LogP contribution is -2.14. The van der Waals surface area contributed by atoms with Crippen molar-refractivity contribution in [3.8, 4) is 0 Å². The molecule has 0 N–H and O–H groups in total. The molecule has 3 nitrogen and oxygen atoms in total. The molecule has 5 heteroatoms. The Hall–Kier alpha value is -1.52. The Morgan fingerprint density at radius 2 is 1.87 bits per heavy atom. The van der Waals surface area contributed by atoms with Crippen LogP contribution in [0.25, 0.3) is 0 Å². The second-order valence-electron chi connectivity index (χ2n) is 5.42. The molecule has 2 aromatic carbocycles. The SMILES string of the molecule is CCN(C)/C=N\c1cc(C)c(N(C)c2ccccc2Br)cc1Cl. The predicted molar refractivity (Wildman–Crippen MR) is 105 cm³/mol. The van der Waals surface area contributed by atoms with Gasteiger partial charge in [-0.2, -0.15) is 0 Å². The molecule has 0 aromatic heterocycles. The van der Waals surface area contributed by atoms with E-state index < -0.39 is 0 Å². The smallest absolute Gasteiger partial charge is 0.0910 e. The highest BCUT2D eigenvalue weighted by atomic mass is 79.9. The van der Waals surface area contributed by atoms with Gasteiger partial charge in [-0.15, -0.1) is 0 Å². The van der Waals surface area contributed by atoms with Crippen molar-refractivity contribution < 1.29 is 0 Å². The molecule has 0 aliphatic rings. The maximum absolute atomic E-state index is 6.43. The van der Waals surface area contributed by atoms with Crippen molar-refractivity contribution in [2.45, 2.75) is 13.8 Å². The largest absolute Gasteiger partial charge is 0.366 e. The van der Waals surface area contributed by atoms with E-state index in [2.05, 4.69) is 45.7 Å². The number of aryl methyl sites for hydroxylation is 1. The van der Waals surface area contributed by atoms with E-state index in [1.807, 2.05) is 49.3 Å². The molecule has 23 heavy (non-hydrogen) atoms. The van der Waals surface area contributed by atoms with E-state index in [9.17, 15) is 0 Å². The summed E-state index contributed by atoms with van der Waals surface area (Å²) in [7, 11) is 4.02. The van der Waals surface area contributed by atoms with Gasteiger partial charge in [0.2, 0.25) is 0 Å². The van der Waals surface area contributed by atoms with Crippen LogP contribution in [0.5, 0.6) is 0 Å². The number of benzene rings is 2. The number of anilines is 2. The van der Waals surface area contributed by atoms with Crippen molar-refractivity contribution in [2.75, 3.05) is 25.5 Å². The minimum atomic E-state index is 0.644. The summed E-state index contributed by atoms with van der Waals surface area (Å²) in [6.07, 6.45) is 1.80. The first-order valence-corrected chi connectivity index (χ1v) is 8.64. The monoisotopic (exact) mass is 393 g/mol. The zero-order valence-electron chi connectivity index (χ0n) is 13.8. The highest BCUT2D eigenvalue weighted by Crippen LogP contribution is 2.37. The summed E-state index contributed by atoms with van der Waals surface area (Å²) in [5.41, 5.74) is 4.06. The van der Waals surface area contributed by atoms with Gasteiger partial charge in [0.1, 0.15) is 0 Å². The molecule has 0 saturated carbocycles. The van der Waals surface area contributed by atoms with Crippen LogP contribution in [-0.2, 0) is 0 Å². The average molecular weight is 395 g/mol. The van der Waals surface area contributed by atoms with E-state index in [1.54, 1.807) is 6.34 Å². The summed E-state index contributed by atoms with van der Waals surface area (Å²) in [4.78, 5) is 8.60. The number of halogens is 2. The van der Waals surface area contributed by atoms with Gasteiger partial charge in [-0.1, -0.05) is 23.7 Å². The molecule has 2 rings (SSSR count). The van der Waals surface area contributed by atoms with E-state index in [-0.39, 0.29) is 0 Å². The summed E-state index contributed by atoms with van der Waals surface area (Å²) < 4.78 is 1.05. The number of hydrogen-bond acceptors (Lipinski definition) is 2. The molecule has 0 radical (unpaired) electrons. The number of rotatable bonds is 5. The van der Waals surface area contributed by atoms with Crippen molar-refractivity contribution in [3.05, 3.63) is 51.5 Å². The Balaban J connectivity index is 2.37. The standard InChI is InChI=1S/C18H21BrClN3/c1-5-22(3)12-21-16-10-13(2)18(11-15(16)20)23(4)17-9-7-6-8-14(17)19/h6-12H,5H2,1-4H3/b21-12-. The molecule has 0 aliphatic heterocycles. The highest BCUT2D eigenvalue weighted by Gasteiger charge is 2.12. The number of aliphatic imine (C=N–C) groups is 1.